The van der Waals surface area contributed by atoms with Gasteiger partial charge < -0.3 is 0 Å². The van der Waals surface area contributed by atoms with Crippen molar-refractivity contribution in [2.75, 3.05) is 0 Å². The molecule has 0 aromatic carbocycles. The van der Waals surface area contributed by atoms with Crippen LogP contribution in [0, 0.1) is 10.1 Å². The average molecular weight is 259 g/mol. The van der Waals surface area contributed by atoms with Crippen LogP contribution in [-0.2, 0) is 6.18 Å². The van der Waals surface area contributed by atoms with Gasteiger partial charge >= 0.3 is 6.18 Å². The third kappa shape index (κ3) is 2.12. The third-order valence-corrected chi connectivity index (χ3v) is 2.01. The fourth-order valence-corrected chi connectivity index (χ4v) is 1.26. The van der Waals surface area contributed by atoms with Crippen molar-refractivity contribution in [1.82, 2.24) is 20.0 Å². The first-order chi connectivity index (χ1) is 8.39. The lowest BCUT2D eigenvalue weighted by Crippen LogP contribution is -2.13. The molecule has 0 aliphatic rings. The summed E-state index contributed by atoms with van der Waals surface area (Å²) in [6.45, 7) is 0. The third-order valence-electron chi connectivity index (χ3n) is 2.01. The van der Waals surface area contributed by atoms with Crippen molar-refractivity contribution in [3.05, 3.63) is 40.3 Å². The highest BCUT2D eigenvalue weighted by Gasteiger charge is 2.37. The Hall–Kier alpha value is -2.52. The van der Waals surface area contributed by atoms with E-state index in [-0.39, 0.29) is 0 Å². The molecular formula is C8H4F3N5O2. The van der Waals surface area contributed by atoms with Crippen LogP contribution in [0.15, 0.2) is 24.7 Å². The minimum absolute atomic E-state index is 0.407. The summed E-state index contributed by atoms with van der Waals surface area (Å²) in [4.78, 5) is 12.9. The second kappa shape index (κ2) is 4.05. The number of halogens is 3. The zero-order valence-electron chi connectivity index (χ0n) is 8.50. The zero-order chi connectivity index (χ0) is 13.3. The van der Waals surface area contributed by atoms with Gasteiger partial charge in [0.2, 0.25) is 0 Å². The van der Waals surface area contributed by atoms with Gasteiger partial charge in [-0.3, -0.25) is 10.1 Å². The normalized spacial score (nSPS) is 11.5. The number of pyridine rings is 1. The molecule has 0 aliphatic heterocycles. The molecular weight excluding hydrogens is 255 g/mol. The van der Waals surface area contributed by atoms with Crippen LogP contribution in [-0.4, -0.2) is 24.9 Å². The summed E-state index contributed by atoms with van der Waals surface area (Å²) >= 11 is 0. The highest BCUT2D eigenvalue weighted by Crippen LogP contribution is 2.34. The van der Waals surface area contributed by atoms with Crippen molar-refractivity contribution >= 4 is 5.69 Å². The molecule has 0 N–H and O–H groups in total. The Balaban J connectivity index is 2.64. The molecule has 94 valence electrons. The summed E-state index contributed by atoms with van der Waals surface area (Å²) in [5.74, 6) is -0.564. The first-order valence-electron chi connectivity index (χ1n) is 4.48. The molecule has 0 bridgehead atoms. The van der Waals surface area contributed by atoms with Crippen molar-refractivity contribution in [3.8, 4) is 5.82 Å². The molecule has 0 saturated heterocycles. The van der Waals surface area contributed by atoms with E-state index in [4.69, 9.17) is 0 Å². The van der Waals surface area contributed by atoms with Crippen molar-refractivity contribution < 1.29 is 18.1 Å². The molecule has 0 atom stereocenters. The number of rotatable bonds is 2. The van der Waals surface area contributed by atoms with Gasteiger partial charge in [0.15, 0.2) is 5.82 Å². The van der Waals surface area contributed by atoms with E-state index in [0.717, 1.165) is 17.1 Å². The Morgan fingerprint density at radius 1 is 1.39 bits per heavy atom. The van der Waals surface area contributed by atoms with Crippen LogP contribution >= 0.6 is 0 Å². The van der Waals surface area contributed by atoms with Crippen LogP contribution in [0.25, 0.3) is 5.82 Å². The van der Waals surface area contributed by atoms with Gasteiger partial charge in [0.05, 0.1) is 17.3 Å². The van der Waals surface area contributed by atoms with E-state index < -0.39 is 28.2 Å². The summed E-state index contributed by atoms with van der Waals surface area (Å²) in [6, 6.07) is 0.407. The smallest absolute Gasteiger partial charge is 0.258 e. The van der Waals surface area contributed by atoms with Crippen LogP contribution < -0.4 is 0 Å². The molecule has 0 spiro atoms. The predicted molar refractivity (Wildman–Crippen MR) is 50.8 cm³/mol. The average Bonchev–Trinajstić information content (AvgIpc) is 2.80. The molecule has 7 nitrogen and oxygen atoms in total. The minimum atomic E-state index is -4.78. The van der Waals surface area contributed by atoms with Crippen LogP contribution in [0.2, 0.25) is 0 Å². The monoisotopic (exact) mass is 259 g/mol. The van der Waals surface area contributed by atoms with Crippen LogP contribution in [0.4, 0.5) is 18.9 Å². The minimum Gasteiger partial charge on any atom is -0.258 e. The molecule has 0 saturated carbocycles. The Labute approximate surface area is 97.0 Å². The van der Waals surface area contributed by atoms with Crippen LogP contribution in [0.1, 0.15) is 5.56 Å². The largest absolute Gasteiger partial charge is 0.420 e. The molecule has 2 rings (SSSR count). The van der Waals surface area contributed by atoms with E-state index in [2.05, 4.69) is 15.3 Å². The maximum Gasteiger partial charge on any atom is 0.420 e. The fourth-order valence-electron chi connectivity index (χ4n) is 1.26. The molecule has 10 heteroatoms. The maximum absolute atomic E-state index is 12.8. The van der Waals surface area contributed by atoms with E-state index in [1.807, 2.05) is 0 Å². The van der Waals surface area contributed by atoms with E-state index in [1.54, 1.807) is 0 Å². The summed E-state index contributed by atoms with van der Waals surface area (Å²) in [6.07, 6.45) is -1.72. The molecule has 2 heterocycles. The van der Waals surface area contributed by atoms with Crippen molar-refractivity contribution in [1.29, 1.82) is 0 Å². The van der Waals surface area contributed by atoms with E-state index >= 15 is 0 Å². The summed E-state index contributed by atoms with van der Waals surface area (Å²) in [7, 11) is 0. The number of nitro groups is 1. The van der Waals surface area contributed by atoms with Gasteiger partial charge in [-0.25, -0.2) is 9.67 Å². The van der Waals surface area contributed by atoms with Gasteiger partial charge in [-0.05, 0) is 0 Å². The van der Waals surface area contributed by atoms with Gasteiger partial charge in [-0.15, -0.1) is 5.10 Å². The number of aromatic nitrogens is 4. The van der Waals surface area contributed by atoms with Crippen molar-refractivity contribution in [2.24, 2.45) is 0 Å². The zero-order valence-corrected chi connectivity index (χ0v) is 8.50. The summed E-state index contributed by atoms with van der Waals surface area (Å²) in [5.41, 5.74) is -1.99. The number of hydrogen-bond acceptors (Lipinski definition) is 5. The Morgan fingerprint density at radius 2 is 2.11 bits per heavy atom. The molecule has 0 radical (unpaired) electrons. The molecule has 0 unspecified atom stereocenters. The van der Waals surface area contributed by atoms with Crippen molar-refractivity contribution in [2.45, 2.75) is 6.18 Å². The molecule has 0 fully saturated rings. The summed E-state index contributed by atoms with van der Waals surface area (Å²) in [5, 5.41) is 17.2. The van der Waals surface area contributed by atoms with Gasteiger partial charge in [0, 0.05) is 6.07 Å². The molecule has 18 heavy (non-hydrogen) atoms. The topological polar surface area (TPSA) is 86.7 Å². The lowest BCUT2D eigenvalue weighted by molar-refractivity contribution is -0.385. The molecule has 0 amide bonds. The number of hydrogen-bond donors (Lipinski definition) is 0. The lowest BCUT2D eigenvalue weighted by atomic mass is 10.2. The Kier molecular flexibility index (Phi) is 2.69. The quantitative estimate of drug-likeness (QED) is 0.603. The van der Waals surface area contributed by atoms with E-state index in [0.29, 0.717) is 6.07 Å². The molecule has 2 aromatic rings. The predicted octanol–water partition coefficient (Wildman–Crippen LogP) is 1.59. The van der Waals surface area contributed by atoms with Crippen molar-refractivity contribution in [3.63, 3.8) is 0 Å². The SMILES string of the molecule is O=[N+]([O-])c1cnc(-n2ccnn2)c(C(F)(F)F)c1. The Morgan fingerprint density at radius 3 is 2.61 bits per heavy atom. The van der Waals surface area contributed by atoms with Crippen LogP contribution in [0.3, 0.4) is 0 Å². The highest BCUT2D eigenvalue weighted by molar-refractivity contribution is 5.43. The van der Waals surface area contributed by atoms with Gasteiger partial charge in [-0.1, -0.05) is 5.21 Å². The first-order valence-corrected chi connectivity index (χ1v) is 4.48. The number of alkyl halides is 3. The van der Waals surface area contributed by atoms with Gasteiger partial charge in [0.1, 0.15) is 11.8 Å². The maximum atomic E-state index is 12.8. The van der Waals surface area contributed by atoms with Crippen LogP contribution in [0.5, 0.6) is 0 Å². The van der Waals surface area contributed by atoms with E-state index in [9.17, 15) is 23.3 Å². The van der Waals surface area contributed by atoms with E-state index in [1.165, 1.54) is 6.20 Å². The second-order valence-electron chi connectivity index (χ2n) is 3.17. The first kappa shape index (κ1) is 12.0. The number of nitrogens with zero attached hydrogens (tertiary/aromatic N) is 5. The standard InChI is InChI=1S/C8H4F3N5O2/c9-8(10,11)6-3-5(16(17)18)4-12-7(6)15-2-1-13-14-15/h1-4H. The Bertz CT molecular complexity index is 581. The lowest BCUT2D eigenvalue weighted by Gasteiger charge is -2.10. The summed E-state index contributed by atoms with van der Waals surface area (Å²) < 4.78 is 39.1. The fraction of sp³-hybridized carbons (Fsp3) is 0.125. The second-order valence-corrected chi connectivity index (χ2v) is 3.17. The molecule has 0 aliphatic carbocycles. The molecule has 2 aromatic heterocycles. The van der Waals surface area contributed by atoms with Gasteiger partial charge in [-0.2, -0.15) is 13.2 Å². The van der Waals surface area contributed by atoms with Gasteiger partial charge in [0.25, 0.3) is 5.69 Å². The highest BCUT2D eigenvalue weighted by atomic mass is 19.4.